The van der Waals surface area contributed by atoms with Crippen molar-refractivity contribution in [3.05, 3.63) is 0 Å². The average Bonchev–Trinajstić information content (AvgIpc) is 1.80. The molecule has 0 aromatic rings. The average molecular weight is 156 g/mol. The zero-order chi connectivity index (χ0) is 8.20. The van der Waals surface area contributed by atoms with Crippen molar-refractivity contribution in [2.45, 2.75) is 19.6 Å². The summed E-state index contributed by atoms with van der Waals surface area (Å²) in [5.41, 5.74) is 0. The van der Waals surface area contributed by atoms with Crippen LogP contribution in [0, 0.1) is 0 Å². The third kappa shape index (κ3) is 2.70. The third-order valence-corrected chi connectivity index (χ3v) is 0.795. The van der Waals surface area contributed by atoms with E-state index < -0.39 is 6.30 Å². The lowest BCUT2D eigenvalue weighted by atomic mass is 10.5. The maximum Gasteiger partial charge on any atom is 0.678 e. The van der Waals surface area contributed by atoms with Gasteiger partial charge in [0.05, 0.1) is 4.74 Å². The van der Waals surface area contributed by atoms with Crippen LogP contribution >= 0.6 is 0 Å². The molecule has 0 aliphatic carbocycles. The molecule has 0 rings (SSSR count). The van der Waals surface area contributed by atoms with Gasteiger partial charge in [-0.05, 0) is 0 Å². The number of nitrogens with zero attached hydrogens (tertiary/aromatic N) is 1. The molecule has 0 N–H and O–H groups in total. The predicted octanol–water partition coefficient (Wildman–Crippen LogP) is 1.56. The van der Waals surface area contributed by atoms with Crippen molar-refractivity contribution >= 4 is 6.21 Å². The van der Waals surface area contributed by atoms with Crippen molar-refractivity contribution in [1.29, 1.82) is 0 Å². The van der Waals surface area contributed by atoms with Gasteiger partial charge in [0, 0.05) is 6.42 Å². The Morgan fingerprint density at radius 2 is 2.00 bits per heavy atom. The second-order valence-corrected chi connectivity index (χ2v) is 1.57. The van der Waals surface area contributed by atoms with Gasteiger partial charge in [-0.15, -0.1) is 13.2 Å². The number of hydroxylamine groups is 1. The van der Waals surface area contributed by atoms with E-state index in [-0.39, 0.29) is 11.2 Å². The first-order chi connectivity index (χ1) is 4.52. The van der Waals surface area contributed by atoms with E-state index in [0.717, 1.165) is 13.3 Å². The summed E-state index contributed by atoms with van der Waals surface area (Å²) in [6, 6.07) is 0. The lowest BCUT2D eigenvalue weighted by Gasteiger charge is -1.99. The Labute approximate surface area is 56.9 Å². The van der Waals surface area contributed by atoms with Crippen molar-refractivity contribution in [3.63, 3.8) is 0 Å². The summed E-state index contributed by atoms with van der Waals surface area (Å²) in [5.74, 6) is 0. The normalized spacial score (nSPS) is 13.5. The summed E-state index contributed by atoms with van der Waals surface area (Å²) < 4.78 is 34.9. The van der Waals surface area contributed by atoms with Crippen LogP contribution in [-0.2, 0) is 4.84 Å². The highest BCUT2D eigenvalue weighted by molar-refractivity contribution is 5.50. The Morgan fingerprint density at radius 1 is 1.50 bits per heavy atom. The molecule has 0 saturated carbocycles. The van der Waals surface area contributed by atoms with E-state index in [4.69, 9.17) is 0 Å². The van der Waals surface area contributed by atoms with Gasteiger partial charge in [0.15, 0.2) is 0 Å². The highest BCUT2D eigenvalue weighted by atomic mass is 19.4. The summed E-state index contributed by atoms with van der Waals surface area (Å²) >= 11 is 0. The first-order valence-electron chi connectivity index (χ1n) is 2.75. The van der Waals surface area contributed by atoms with Gasteiger partial charge in [-0.25, -0.2) is 0 Å². The van der Waals surface area contributed by atoms with Crippen LogP contribution in [0.2, 0.25) is 0 Å². The first kappa shape index (κ1) is 9.26. The van der Waals surface area contributed by atoms with Crippen molar-refractivity contribution in [2.75, 3.05) is 7.11 Å². The number of hydrogen-bond donors (Lipinski definition) is 0. The van der Waals surface area contributed by atoms with E-state index in [1.54, 1.807) is 6.92 Å². The van der Waals surface area contributed by atoms with Crippen molar-refractivity contribution in [3.8, 4) is 0 Å². The number of halogens is 3. The molecule has 2 nitrogen and oxygen atoms in total. The molecule has 0 aromatic carbocycles. The SMILES string of the molecule is CCC=[N+](OC)C(F)(F)F. The highest BCUT2D eigenvalue weighted by Crippen LogP contribution is 2.15. The largest absolute Gasteiger partial charge is 0.678 e. The van der Waals surface area contributed by atoms with Crippen molar-refractivity contribution < 1.29 is 22.7 Å². The Balaban J connectivity index is 4.21. The summed E-state index contributed by atoms with van der Waals surface area (Å²) in [4.78, 5) is 4.01. The van der Waals surface area contributed by atoms with Crippen LogP contribution < -0.4 is 0 Å². The minimum absolute atomic E-state index is 0.132. The second-order valence-electron chi connectivity index (χ2n) is 1.57. The molecule has 60 valence electrons. The molecule has 0 bridgehead atoms. The summed E-state index contributed by atoms with van der Waals surface area (Å²) in [5, 5.41) is 0. The monoisotopic (exact) mass is 156 g/mol. The zero-order valence-corrected chi connectivity index (χ0v) is 5.77. The van der Waals surface area contributed by atoms with Crippen LogP contribution in [0.1, 0.15) is 13.3 Å². The van der Waals surface area contributed by atoms with Gasteiger partial charge in [0.1, 0.15) is 7.11 Å². The molecule has 0 aliphatic rings. The van der Waals surface area contributed by atoms with Gasteiger partial charge in [0.25, 0.3) is 0 Å². The fourth-order valence-electron chi connectivity index (χ4n) is 0.447. The van der Waals surface area contributed by atoms with Crippen LogP contribution in [-0.4, -0.2) is 24.4 Å². The number of alkyl halides is 3. The van der Waals surface area contributed by atoms with Gasteiger partial charge < -0.3 is 0 Å². The molecule has 10 heavy (non-hydrogen) atoms. The topological polar surface area (TPSA) is 12.2 Å². The Bertz CT molecular complexity index is 129. The summed E-state index contributed by atoms with van der Waals surface area (Å²) in [6.07, 6.45) is -3.22. The van der Waals surface area contributed by atoms with E-state index in [1.165, 1.54) is 0 Å². The first-order valence-corrected chi connectivity index (χ1v) is 2.75. The van der Waals surface area contributed by atoms with E-state index in [0.29, 0.717) is 0 Å². The fourth-order valence-corrected chi connectivity index (χ4v) is 0.447. The van der Waals surface area contributed by atoms with Gasteiger partial charge in [-0.3, -0.25) is 4.84 Å². The van der Waals surface area contributed by atoms with Crippen LogP contribution in [0.25, 0.3) is 0 Å². The molecule has 0 spiro atoms. The standard InChI is InChI=1S/C5H9F3NO/c1-3-4-9(10-2)5(6,7)8/h4H,3H2,1-2H3/q+1. The van der Waals surface area contributed by atoms with E-state index in [2.05, 4.69) is 4.84 Å². The van der Waals surface area contributed by atoms with E-state index >= 15 is 0 Å². The molecular weight excluding hydrogens is 147 g/mol. The minimum Gasteiger partial charge on any atom is -0.272 e. The lowest BCUT2D eigenvalue weighted by Crippen LogP contribution is -2.28. The van der Waals surface area contributed by atoms with Crippen LogP contribution in [0.3, 0.4) is 0 Å². The summed E-state index contributed by atoms with van der Waals surface area (Å²) in [6.45, 7) is 1.60. The Hall–Kier alpha value is -0.740. The smallest absolute Gasteiger partial charge is 0.272 e. The molecular formula is C5H9F3NO+. The number of hydrogen-bond acceptors (Lipinski definition) is 1. The molecule has 0 unspecified atom stereocenters. The van der Waals surface area contributed by atoms with Gasteiger partial charge >= 0.3 is 6.30 Å². The Morgan fingerprint density at radius 3 is 2.10 bits per heavy atom. The molecule has 0 radical (unpaired) electrons. The van der Waals surface area contributed by atoms with Gasteiger partial charge in [-0.1, -0.05) is 6.92 Å². The van der Waals surface area contributed by atoms with Crippen LogP contribution in [0.4, 0.5) is 13.2 Å². The summed E-state index contributed by atoms with van der Waals surface area (Å²) in [7, 11) is 0.972. The molecule has 0 aliphatic heterocycles. The quantitative estimate of drug-likeness (QED) is 0.256. The molecule has 5 heteroatoms. The molecule has 0 atom stereocenters. The molecule has 0 amide bonds. The van der Waals surface area contributed by atoms with E-state index in [1.807, 2.05) is 0 Å². The maximum atomic E-state index is 11.7. The van der Waals surface area contributed by atoms with Gasteiger partial charge in [-0.2, -0.15) is 0 Å². The number of rotatable bonds is 2. The molecule has 0 saturated heterocycles. The third-order valence-electron chi connectivity index (χ3n) is 0.795. The molecule has 0 aromatic heterocycles. The molecule has 0 heterocycles. The fraction of sp³-hybridized carbons (Fsp3) is 0.800. The lowest BCUT2D eigenvalue weighted by molar-refractivity contribution is -0.888. The maximum absolute atomic E-state index is 11.7. The Kier molecular flexibility index (Phi) is 3.18. The zero-order valence-electron chi connectivity index (χ0n) is 5.77. The van der Waals surface area contributed by atoms with Crippen molar-refractivity contribution in [1.82, 2.24) is 0 Å². The van der Waals surface area contributed by atoms with Gasteiger partial charge in [0.2, 0.25) is 6.21 Å². The highest BCUT2D eigenvalue weighted by Gasteiger charge is 2.46. The van der Waals surface area contributed by atoms with Crippen LogP contribution in [0.5, 0.6) is 0 Å². The van der Waals surface area contributed by atoms with E-state index in [9.17, 15) is 13.2 Å². The van der Waals surface area contributed by atoms with Crippen molar-refractivity contribution in [2.24, 2.45) is 0 Å². The minimum atomic E-state index is -4.43. The molecule has 0 fully saturated rings. The predicted molar refractivity (Wildman–Crippen MR) is 29.7 cm³/mol. The second kappa shape index (κ2) is 3.43. The van der Waals surface area contributed by atoms with Crippen LogP contribution in [0.15, 0.2) is 0 Å².